The highest BCUT2D eigenvalue weighted by atomic mass is 16.5. The normalized spacial score (nSPS) is 11.0. The number of hydrogen-bond donors (Lipinski definition) is 3. The lowest BCUT2D eigenvalue weighted by atomic mass is 10.2. The largest absolute Gasteiger partial charge is 0.504 e. The van der Waals surface area contributed by atoms with E-state index in [-0.39, 0.29) is 11.7 Å². The van der Waals surface area contributed by atoms with Crippen molar-refractivity contribution < 1.29 is 14.6 Å². The summed E-state index contributed by atoms with van der Waals surface area (Å²) in [6, 6.07) is 12.3. The minimum Gasteiger partial charge on any atom is -0.504 e. The van der Waals surface area contributed by atoms with Gasteiger partial charge in [0.2, 0.25) is 0 Å². The van der Waals surface area contributed by atoms with Gasteiger partial charge in [-0.05, 0) is 29.8 Å². The average molecular weight is 309 g/mol. The fraction of sp³-hybridized carbons (Fsp3) is 0.0588. The van der Waals surface area contributed by atoms with Gasteiger partial charge < -0.3 is 14.8 Å². The first-order valence-electron chi connectivity index (χ1n) is 6.95. The van der Waals surface area contributed by atoms with Gasteiger partial charge >= 0.3 is 0 Å². The Bertz CT molecular complexity index is 884. The van der Waals surface area contributed by atoms with Crippen molar-refractivity contribution in [3.05, 3.63) is 59.8 Å². The number of ether oxygens (including phenoxy) is 1. The van der Waals surface area contributed by atoms with E-state index in [1.54, 1.807) is 18.3 Å². The van der Waals surface area contributed by atoms with Crippen LogP contribution in [0.5, 0.6) is 11.5 Å². The number of amides is 1. The highest BCUT2D eigenvalue weighted by molar-refractivity contribution is 6.06. The predicted molar refractivity (Wildman–Crippen MR) is 88.0 cm³/mol. The molecule has 0 spiro atoms. The lowest BCUT2D eigenvalue weighted by Crippen LogP contribution is -2.17. The number of aromatic nitrogens is 1. The van der Waals surface area contributed by atoms with Gasteiger partial charge in [0.1, 0.15) is 0 Å². The van der Waals surface area contributed by atoms with Gasteiger partial charge in [-0.3, -0.25) is 4.79 Å². The highest BCUT2D eigenvalue weighted by Crippen LogP contribution is 2.25. The molecule has 6 nitrogen and oxygen atoms in total. The van der Waals surface area contributed by atoms with Gasteiger partial charge in [-0.15, -0.1) is 0 Å². The van der Waals surface area contributed by atoms with Gasteiger partial charge in [-0.2, -0.15) is 5.10 Å². The number of H-pyrrole nitrogens is 1. The Morgan fingerprint density at radius 1 is 1.30 bits per heavy atom. The molecule has 0 unspecified atom stereocenters. The van der Waals surface area contributed by atoms with E-state index in [0.717, 1.165) is 10.9 Å². The van der Waals surface area contributed by atoms with Crippen LogP contribution in [-0.4, -0.2) is 29.3 Å². The molecule has 3 N–H and O–H groups in total. The quantitative estimate of drug-likeness (QED) is 0.511. The summed E-state index contributed by atoms with van der Waals surface area (Å²) in [5.74, 6) is 0.0915. The summed E-state index contributed by atoms with van der Waals surface area (Å²) in [5.41, 5.74) is 4.60. The molecule has 0 aliphatic rings. The van der Waals surface area contributed by atoms with Gasteiger partial charge in [0.25, 0.3) is 5.91 Å². The smallest absolute Gasteiger partial charge is 0.273 e. The van der Waals surface area contributed by atoms with Gasteiger partial charge in [0.05, 0.1) is 18.9 Å². The lowest BCUT2D eigenvalue weighted by molar-refractivity contribution is 0.0957. The number of para-hydroxylation sites is 1. The maximum absolute atomic E-state index is 12.2. The number of hydrazone groups is 1. The van der Waals surface area contributed by atoms with Gasteiger partial charge in [0, 0.05) is 17.1 Å². The Kier molecular flexibility index (Phi) is 3.97. The minimum absolute atomic E-state index is 0.0486. The second-order valence-electron chi connectivity index (χ2n) is 4.88. The van der Waals surface area contributed by atoms with Gasteiger partial charge in [-0.1, -0.05) is 18.2 Å². The molecular weight excluding hydrogens is 294 g/mol. The molecule has 1 amide bonds. The Morgan fingerprint density at radius 3 is 2.96 bits per heavy atom. The molecule has 1 aromatic heterocycles. The van der Waals surface area contributed by atoms with Crippen LogP contribution in [0.15, 0.2) is 53.8 Å². The predicted octanol–water partition coefficient (Wildman–Crippen LogP) is 2.65. The van der Waals surface area contributed by atoms with Crippen LogP contribution >= 0.6 is 0 Å². The first kappa shape index (κ1) is 14.6. The Hall–Kier alpha value is -3.28. The molecule has 116 valence electrons. The van der Waals surface area contributed by atoms with Crippen LogP contribution in [0.4, 0.5) is 0 Å². The molecule has 3 aromatic rings. The van der Waals surface area contributed by atoms with E-state index in [4.69, 9.17) is 4.74 Å². The van der Waals surface area contributed by atoms with Crippen molar-refractivity contribution in [3.8, 4) is 11.5 Å². The average Bonchev–Trinajstić information content (AvgIpc) is 3.00. The lowest BCUT2D eigenvalue weighted by Gasteiger charge is -2.03. The number of methoxy groups -OCH3 is 1. The topological polar surface area (TPSA) is 86.7 Å². The maximum Gasteiger partial charge on any atom is 0.273 e. The van der Waals surface area contributed by atoms with E-state index < -0.39 is 0 Å². The number of benzene rings is 2. The summed E-state index contributed by atoms with van der Waals surface area (Å²) in [6.45, 7) is 0. The maximum atomic E-state index is 12.2. The van der Waals surface area contributed by atoms with Crippen LogP contribution in [-0.2, 0) is 0 Å². The Balaban J connectivity index is 1.74. The second-order valence-corrected chi connectivity index (χ2v) is 4.88. The summed E-state index contributed by atoms with van der Waals surface area (Å²) in [6.07, 6.45) is 3.13. The number of nitrogens with zero attached hydrogens (tertiary/aromatic N) is 1. The molecule has 0 atom stereocenters. The van der Waals surface area contributed by atoms with Crippen molar-refractivity contribution in [2.24, 2.45) is 5.10 Å². The SMILES string of the molecule is COc1cc(C=NNC(=O)c2c[nH]c3ccccc23)ccc1O. The fourth-order valence-electron chi connectivity index (χ4n) is 2.26. The number of aromatic hydroxyl groups is 1. The van der Waals surface area contributed by atoms with Crippen LogP contribution in [0.1, 0.15) is 15.9 Å². The number of phenols is 1. The van der Waals surface area contributed by atoms with Crippen molar-refractivity contribution in [1.29, 1.82) is 0 Å². The van der Waals surface area contributed by atoms with Gasteiger partial charge in [0.15, 0.2) is 11.5 Å². The standard InChI is InChI=1S/C17H15N3O3/c1-23-16-8-11(6-7-15(16)21)9-19-20-17(22)13-10-18-14-5-3-2-4-12(13)14/h2-10,18,21H,1H3,(H,20,22). The third-order valence-corrected chi connectivity index (χ3v) is 3.42. The highest BCUT2D eigenvalue weighted by Gasteiger charge is 2.10. The summed E-state index contributed by atoms with van der Waals surface area (Å²) in [7, 11) is 1.47. The number of nitrogens with one attached hydrogen (secondary N) is 2. The van der Waals surface area contributed by atoms with Crippen LogP contribution in [0.3, 0.4) is 0 Å². The molecule has 1 heterocycles. The number of aromatic amines is 1. The zero-order chi connectivity index (χ0) is 16.2. The van der Waals surface area contributed by atoms with Crippen molar-refractivity contribution in [2.75, 3.05) is 7.11 Å². The van der Waals surface area contributed by atoms with Crippen molar-refractivity contribution in [1.82, 2.24) is 10.4 Å². The third kappa shape index (κ3) is 3.01. The second kappa shape index (κ2) is 6.23. The summed E-state index contributed by atoms with van der Waals surface area (Å²) < 4.78 is 5.02. The summed E-state index contributed by atoms with van der Waals surface area (Å²) in [5, 5.41) is 14.3. The third-order valence-electron chi connectivity index (χ3n) is 3.42. The zero-order valence-corrected chi connectivity index (χ0v) is 12.4. The molecular formula is C17H15N3O3. The molecule has 0 saturated carbocycles. The minimum atomic E-state index is -0.301. The molecule has 2 aromatic carbocycles. The zero-order valence-electron chi connectivity index (χ0n) is 12.4. The molecule has 0 aliphatic carbocycles. The fourth-order valence-corrected chi connectivity index (χ4v) is 2.26. The van der Waals surface area contributed by atoms with Crippen LogP contribution in [0, 0.1) is 0 Å². The van der Waals surface area contributed by atoms with Crippen molar-refractivity contribution in [2.45, 2.75) is 0 Å². The van der Waals surface area contributed by atoms with E-state index in [1.165, 1.54) is 19.4 Å². The number of rotatable bonds is 4. The van der Waals surface area contributed by atoms with Crippen LogP contribution in [0.2, 0.25) is 0 Å². The molecule has 3 rings (SSSR count). The number of fused-ring (bicyclic) bond motifs is 1. The molecule has 0 aliphatic heterocycles. The van der Waals surface area contributed by atoms with Crippen LogP contribution in [0.25, 0.3) is 10.9 Å². The van der Waals surface area contributed by atoms with E-state index in [2.05, 4.69) is 15.5 Å². The Labute approximate surface area is 132 Å². The summed E-state index contributed by atoms with van der Waals surface area (Å²) in [4.78, 5) is 15.2. The molecule has 0 radical (unpaired) electrons. The van der Waals surface area contributed by atoms with E-state index >= 15 is 0 Å². The Morgan fingerprint density at radius 2 is 2.13 bits per heavy atom. The first-order valence-corrected chi connectivity index (χ1v) is 6.95. The van der Waals surface area contributed by atoms with Crippen molar-refractivity contribution >= 4 is 23.0 Å². The molecule has 0 bridgehead atoms. The van der Waals surface area contributed by atoms with E-state index in [0.29, 0.717) is 16.9 Å². The summed E-state index contributed by atoms with van der Waals surface area (Å²) >= 11 is 0. The first-order chi connectivity index (χ1) is 11.2. The number of hydrogen-bond acceptors (Lipinski definition) is 4. The van der Waals surface area contributed by atoms with E-state index in [1.807, 2.05) is 24.3 Å². The number of carbonyl (C=O) groups excluding carboxylic acids is 1. The van der Waals surface area contributed by atoms with Crippen LogP contribution < -0.4 is 10.2 Å². The molecule has 0 fully saturated rings. The number of carbonyl (C=O) groups is 1. The molecule has 0 saturated heterocycles. The molecule has 6 heteroatoms. The monoisotopic (exact) mass is 309 g/mol. The number of phenolic OH excluding ortho intramolecular Hbond substituents is 1. The van der Waals surface area contributed by atoms with E-state index in [9.17, 15) is 9.90 Å². The molecule has 23 heavy (non-hydrogen) atoms. The van der Waals surface area contributed by atoms with Crippen molar-refractivity contribution in [3.63, 3.8) is 0 Å². The van der Waals surface area contributed by atoms with Gasteiger partial charge in [-0.25, -0.2) is 5.43 Å².